The van der Waals surface area contributed by atoms with Crippen molar-refractivity contribution in [2.75, 3.05) is 6.61 Å². The van der Waals surface area contributed by atoms with E-state index in [0.717, 1.165) is 12.8 Å². The van der Waals surface area contributed by atoms with E-state index < -0.39 is 0 Å². The SMILES string of the molecule is [CH-]=C(CCCC)OCC.[Li+]. The van der Waals surface area contributed by atoms with Crippen molar-refractivity contribution in [2.24, 2.45) is 0 Å². The Kier molecular flexibility index (Phi) is 11.7. The standard InChI is InChI=1S/C8H15O.Li/c1-4-6-7-8(3)9-5-2;/h3H,4-7H2,1-2H3;/q-1;+1. The summed E-state index contributed by atoms with van der Waals surface area (Å²) in [6.45, 7) is 10.2. The van der Waals surface area contributed by atoms with Crippen molar-refractivity contribution in [2.45, 2.75) is 33.1 Å². The molecule has 0 saturated carbocycles. The molecular formula is C8H15LiO. The zero-order valence-electron chi connectivity index (χ0n) is 7.31. The van der Waals surface area contributed by atoms with E-state index in [1.165, 1.54) is 6.42 Å². The first-order valence-corrected chi connectivity index (χ1v) is 3.55. The summed E-state index contributed by atoms with van der Waals surface area (Å²) in [6.07, 6.45) is 3.21. The second-order valence-electron chi connectivity index (χ2n) is 2.00. The van der Waals surface area contributed by atoms with Gasteiger partial charge in [-0.05, 0) is 19.8 Å². The predicted octanol–water partition coefficient (Wildman–Crippen LogP) is -0.466. The van der Waals surface area contributed by atoms with E-state index in [1.54, 1.807) is 0 Å². The molecule has 0 radical (unpaired) electrons. The minimum Gasteiger partial charge on any atom is -0.535 e. The molecule has 0 amide bonds. The molecule has 0 N–H and O–H groups in total. The molecule has 0 atom stereocenters. The molecule has 10 heavy (non-hydrogen) atoms. The molecular weight excluding hydrogens is 119 g/mol. The molecule has 0 aromatic rings. The largest absolute Gasteiger partial charge is 1.00 e. The van der Waals surface area contributed by atoms with Crippen LogP contribution in [0.15, 0.2) is 5.76 Å². The normalized spacial score (nSPS) is 8.20. The van der Waals surface area contributed by atoms with Gasteiger partial charge in [-0.25, -0.2) is 0 Å². The van der Waals surface area contributed by atoms with Crippen LogP contribution in [0.25, 0.3) is 0 Å². The van der Waals surface area contributed by atoms with Gasteiger partial charge in [-0.15, -0.1) is 0 Å². The third kappa shape index (κ3) is 8.14. The summed E-state index contributed by atoms with van der Waals surface area (Å²) in [4.78, 5) is 0. The molecule has 0 aromatic carbocycles. The van der Waals surface area contributed by atoms with Crippen LogP contribution < -0.4 is 18.9 Å². The summed E-state index contributed by atoms with van der Waals surface area (Å²) in [5, 5.41) is 0. The van der Waals surface area contributed by atoms with Crippen molar-refractivity contribution in [3.05, 3.63) is 12.3 Å². The predicted molar refractivity (Wildman–Crippen MR) is 39.0 cm³/mol. The Morgan fingerprint density at radius 3 is 2.40 bits per heavy atom. The zero-order valence-corrected chi connectivity index (χ0v) is 7.31. The van der Waals surface area contributed by atoms with Gasteiger partial charge in [-0.3, -0.25) is 0 Å². The quantitative estimate of drug-likeness (QED) is 0.281. The molecule has 2 heteroatoms. The molecule has 0 spiro atoms. The molecule has 0 unspecified atom stereocenters. The molecule has 0 aliphatic rings. The zero-order chi connectivity index (χ0) is 7.11. The number of allylic oxidation sites excluding steroid dienone is 1. The average molecular weight is 134 g/mol. The van der Waals surface area contributed by atoms with Gasteiger partial charge >= 0.3 is 18.9 Å². The van der Waals surface area contributed by atoms with Gasteiger partial charge in [0.05, 0.1) is 6.61 Å². The summed E-state index contributed by atoms with van der Waals surface area (Å²) in [5.41, 5.74) is 0. The Hall–Kier alpha value is 0.137. The van der Waals surface area contributed by atoms with Crippen LogP contribution in [0, 0.1) is 6.58 Å². The number of hydrogen-bond acceptors (Lipinski definition) is 1. The van der Waals surface area contributed by atoms with Crippen LogP contribution in [0.2, 0.25) is 0 Å². The molecule has 54 valence electrons. The molecule has 0 bridgehead atoms. The fourth-order valence-corrected chi connectivity index (χ4v) is 0.609. The van der Waals surface area contributed by atoms with Crippen LogP contribution in [-0.2, 0) is 4.74 Å². The Bertz CT molecular complexity index is 81.3. The molecule has 0 saturated heterocycles. The first kappa shape index (κ1) is 12.8. The van der Waals surface area contributed by atoms with Crippen molar-refractivity contribution >= 4 is 0 Å². The van der Waals surface area contributed by atoms with Crippen molar-refractivity contribution in [3.63, 3.8) is 0 Å². The van der Waals surface area contributed by atoms with Gasteiger partial charge in [-0.1, -0.05) is 19.1 Å². The number of ether oxygens (including phenoxy) is 1. The molecule has 1 nitrogen and oxygen atoms in total. The van der Waals surface area contributed by atoms with E-state index in [0.29, 0.717) is 12.4 Å². The van der Waals surface area contributed by atoms with E-state index >= 15 is 0 Å². The molecule has 0 aliphatic heterocycles. The maximum atomic E-state index is 5.46. The Balaban J connectivity index is 0. The topological polar surface area (TPSA) is 9.23 Å². The van der Waals surface area contributed by atoms with Crippen molar-refractivity contribution in [1.82, 2.24) is 0 Å². The van der Waals surface area contributed by atoms with E-state index in [2.05, 4.69) is 6.92 Å². The number of unbranched alkanes of at least 4 members (excludes halogenated alkanes) is 1. The molecule has 0 aromatic heterocycles. The summed E-state index contributed by atoms with van der Waals surface area (Å²) in [5.74, 6) is 0.680. The second-order valence-corrected chi connectivity index (χ2v) is 2.00. The first-order chi connectivity index (χ1) is 4.31. The minimum absolute atomic E-state index is 0. The van der Waals surface area contributed by atoms with E-state index in [9.17, 15) is 0 Å². The maximum Gasteiger partial charge on any atom is 1.00 e. The van der Waals surface area contributed by atoms with Crippen LogP contribution >= 0.6 is 0 Å². The van der Waals surface area contributed by atoms with E-state index in [-0.39, 0.29) is 18.9 Å². The van der Waals surface area contributed by atoms with Gasteiger partial charge < -0.3 is 11.3 Å². The van der Waals surface area contributed by atoms with Gasteiger partial charge in [0.1, 0.15) is 0 Å². The molecule has 0 aliphatic carbocycles. The van der Waals surface area contributed by atoms with Crippen LogP contribution in [0.5, 0.6) is 0 Å². The smallest absolute Gasteiger partial charge is 0.535 e. The first-order valence-electron chi connectivity index (χ1n) is 3.55. The van der Waals surface area contributed by atoms with Crippen molar-refractivity contribution in [1.29, 1.82) is 0 Å². The third-order valence-corrected chi connectivity index (χ3v) is 1.11. The van der Waals surface area contributed by atoms with E-state index in [1.807, 2.05) is 6.92 Å². The molecule has 0 fully saturated rings. The Morgan fingerprint density at radius 1 is 1.40 bits per heavy atom. The fraction of sp³-hybridized carbons (Fsp3) is 0.750. The van der Waals surface area contributed by atoms with Gasteiger partial charge in [0.25, 0.3) is 0 Å². The fourth-order valence-electron chi connectivity index (χ4n) is 0.609. The third-order valence-electron chi connectivity index (χ3n) is 1.11. The maximum absolute atomic E-state index is 5.46. The van der Waals surface area contributed by atoms with Crippen LogP contribution in [0.3, 0.4) is 0 Å². The van der Waals surface area contributed by atoms with Gasteiger partial charge in [0.2, 0.25) is 0 Å². The van der Waals surface area contributed by atoms with Crippen LogP contribution in [0.1, 0.15) is 33.1 Å². The minimum atomic E-state index is 0. The average Bonchev–Trinajstić information content (AvgIpc) is 1.85. The number of rotatable bonds is 5. The van der Waals surface area contributed by atoms with Crippen molar-refractivity contribution < 1.29 is 23.6 Å². The summed E-state index contributed by atoms with van der Waals surface area (Å²) < 4.78 is 5.04. The van der Waals surface area contributed by atoms with Gasteiger partial charge in [-0.2, -0.15) is 0 Å². The van der Waals surface area contributed by atoms with Gasteiger partial charge in [0, 0.05) is 0 Å². The Labute approximate surface area is 76.0 Å². The van der Waals surface area contributed by atoms with E-state index in [4.69, 9.17) is 11.3 Å². The summed E-state index contributed by atoms with van der Waals surface area (Å²) >= 11 is 0. The van der Waals surface area contributed by atoms with Gasteiger partial charge in [0.15, 0.2) is 0 Å². The molecule has 0 heterocycles. The Morgan fingerprint density at radius 2 is 2.00 bits per heavy atom. The van der Waals surface area contributed by atoms with Crippen LogP contribution in [-0.4, -0.2) is 6.61 Å². The van der Waals surface area contributed by atoms with Crippen molar-refractivity contribution in [3.8, 4) is 0 Å². The number of hydrogen-bond donors (Lipinski definition) is 0. The monoisotopic (exact) mass is 134 g/mol. The van der Waals surface area contributed by atoms with Crippen LogP contribution in [0.4, 0.5) is 0 Å². The summed E-state index contributed by atoms with van der Waals surface area (Å²) in [7, 11) is 0. The second kappa shape index (κ2) is 9.14. The molecule has 0 rings (SSSR count). The summed E-state index contributed by atoms with van der Waals surface area (Å²) in [6, 6.07) is 0.